The van der Waals surface area contributed by atoms with Crippen LogP contribution in [0.4, 0.5) is 10.1 Å². The lowest BCUT2D eigenvalue weighted by Gasteiger charge is -2.42. The van der Waals surface area contributed by atoms with Gasteiger partial charge in [0, 0.05) is 49.7 Å². The number of hydrogen-bond donors (Lipinski definition) is 0. The lowest BCUT2D eigenvalue weighted by Crippen LogP contribution is -2.62. The molecule has 0 aliphatic carbocycles. The molecule has 3 aliphatic rings. The van der Waals surface area contributed by atoms with Crippen molar-refractivity contribution in [3.63, 3.8) is 0 Å². The second kappa shape index (κ2) is 7.19. The summed E-state index contributed by atoms with van der Waals surface area (Å²) in [5.41, 5.74) is 0.501. The van der Waals surface area contributed by atoms with Gasteiger partial charge in [-0.3, -0.25) is 24.4 Å². The predicted octanol–water partition coefficient (Wildman–Crippen LogP) is 2.91. The lowest BCUT2D eigenvalue weighted by atomic mass is 9.72. The third-order valence-corrected chi connectivity index (χ3v) is 8.75. The SMILES string of the molecule is C=CCN1C(=O)[C@@]2(SC1=S)C(c1cccnc1)CN(C)[C@]21C(=O)N(C)c2ccc(F)cc21. The number of carbonyl (C=O) groups excluding carboxylic acids is 2. The summed E-state index contributed by atoms with van der Waals surface area (Å²) in [6.07, 6.45) is 5.01. The van der Waals surface area contributed by atoms with Gasteiger partial charge >= 0.3 is 0 Å². The predicted molar refractivity (Wildman–Crippen MR) is 126 cm³/mol. The molecule has 2 spiro atoms. The number of amides is 2. The van der Waals surface area contributed by atoms with Gasteiger partial charge in [-0.2, -0.15) is 0 Å². The fourth-order valence-electron chi connectivity index (χ4n) is 5.54. The normalized spacial score (nSPS) is 29.6. The number of benzene rings is 1. The molecule has 0 N–H and O–H groups in total. The van der Waals surface area contributed by atoms with Crippen LogP contribution in [-0.2, 0) is 15.1 Å². The van der Waals surface area contributed by atoms with E-state index in [1.807, 2.05) is 24.1 Å². The van der Waals surface area contributed by atoms with Crippen LogP contribution in [0.3, 0.4) is 0 Å². The summed E-state index contributed by atoms with van der Waals surface area (Å²) in [4.78, 5) is 37.5. The second-order valence-corrected chi connectivity index (χ2v) is 10.1. The molecule has 2 fully saturated rings. The van der Waals surface area contributed by atoms with Gasteiger partial charge in [0.15, 0.2) is 5.54 Å². The molecule has 5 rings (SSSR count). The molecule has 3 aliphatic heterocycles. The van der Waals surface area contributed by atoms with Crippen LogP contribution in [0.5, 0.6) is 0 Å². The minimum atomic E-state index is -1.42. The molecule has 1 aromatic heterocycles. The number of thioether (sulfide) groups is 1. The fraction of sp³-hybridized carbons (Fsp3) is 0.304. The Morgan fingerprint density at radius 2 is 2.09 bits per heavy atom. The highest BCUT2D eigenvalue weighted by molar-refractivity contribution is 8.25. The van der Waals surface area contributed by atoms with Crippen molar-refractivity contribution in [2.24, 2.45) is 0 Å². The van der Waals surface area contributed by atoms with Crippen molar-refractivity contribution in [1.82, 2.24) is 14.8 Å². The molecule has 1 aromatic carbocycles. The number of fused-ring (bicyclic) bond motifs is 3. The molecule has 4 heterocycles. The molecule has 2 amide bonds. The Balaban J connectivity index is 1.85. The van der Waals surface area contributed by atoms with Gasteiger partial charge in [-0.25, -0.2) is 4.39 Å². The van der Waals surface area contributed by atoms with Crippen LogP contribution in [-0.4, -0.2) is 62.9 Å². The standard InChI is InChI=1S/C23H21FN4O2S2/c1-4-10-28-20(30)23(32-21(28)31)17(14-6-5-9-25-12-14)13-26(2)22(23)16-11-15(24)7-8-18(16)27(3)19(22)29/h4-9,11-12,17H,1,10,13H2,2-3H3/t17?,22-,23+/m1/s1. The van der Waals surface area contributed by atoms with Gasteiger partial charge in [0.2, 0.25) is 5.91 Å². The Bertz CT molecular complexity index is 1180. The van der Waals surface area contributed by atoms with Crippen molar-refractivity contribution in [3.8, 4) is 0 Å². The zero-order valence-electron chi connectivity index (χ0n) is 17.6. The van der Waals surface area contributed by atoms with E-state index in [2.05, 4.69) is 11.6 Å². The van der Waals surface area contributed by atoms with Crippen LogP contribution in [0.25, 0.3) is 0 Å². The third-order valence-electron chi connectivity index (χ3n) is 6.81. The van der Waals surface area contributed by atoms with Crippen LogP contribution in [0.2, 0.25) is 0 Å². The first kappa shape index (κ1) is 21.2. The molecular formula is C23H21FN4O2S2. The van der Waals surface area contributed by atoms with Gasteiger partial charge in [0.05, 0.1) is 0 Å². The summed E-state index contributed by atoms with van der Waals surface area (Å²) in [6, 6.07) is 8.04. The summed E-state index contributed by atoms with van der Waals surface area (Å²) in [7, 11) is 3.48. The van der Waals surface area contributed by atoms with E-state index in [0.717, 1.165) is 5.56 Å². The van der Waals surface area contributed by atoms with E-state index in [4.69, 9.17) is 12.2 Å². The Morgan fingerprint density at radius 1 is 1.31 bits per heavy atom. The first-order valence-electron chi connectivity index (χ1n) is 10.2. The summed E-state index contributed by atoms with van der Waals surface area (Å²) in [5.74, 6) is -1.38. The topological polar surface area (TPSA) is 56.8 Å². The molecule has 9 heteroatoms. The van der Waals surface area contributed by atoms with Crippen LogP contribution >= 0.6 is 24.0 Å². The van der Waals surface area contributed by atoms with Crippen molar-refractivity contribution in [1.29, 1.82) is 0 Å². The molecule has 1 unspecified atom stereocenters. The molecule has 3 atom stereocenters. The van der Waals surface area contributed by atoms with E-state index in [1.165, 1.54) is 33.7 Å². The number of rotatable bonds is 3. The average Bonchev–Trinajstić information content (AvgIpc) is 3.28. The quantitative estimate of drug-likeness (QED) is 0.510. The van der Waals surface area contributed by atoms with Crippen molar-refractivity contribution in [3.05, 3.63) is 72.3 Å². The largest absolute Gasteiger partial charge is 0.313 e. The van der Waals surface area contributed by atoms with Gasteiger partial charge in [-0.05, 0) is 36.9 Å². The molecule has 6 nitrogen and oxygen atoms in total. The van der Waals surface area contributed by atoms with Gasteiger partial charge in [-0.15, -0.1) is 6.58 Å². The molecule has 164 valence electrons. The number of thiocarbonyl (C=S) groups is 1. The Hall–Kier alpha value is -2.62. The summed E-state index contributed by atoms with van der Waals surface area (Å²) in [5, 5.41) is 0. The Kier molecular flexibility index (Phi) is 4.77. The highest BCUT2D eigenvalue weighted by Crippen LogP contribution is 2.66. The van der Waals surface area contributed by atoms with Gasteiger partial charge in [-0.1, -0.05) is 36.1 Å². The first-order valence-corrected chi connectivity index (χ1v) is 11.4. The van der Waals surface area contributed by atoms with Crippen LogP contribution in [0.15, 0.2) is 55.4 Å². The van der Waals surface area contributed by atoms with E-state index in [9.17, 15) is 14.0 Å². The molecule has 0 saturated carbocycles. The maximum Gasteiger partial charge on any atom is 0.254 e. The number of hydrogen-bond acceptors (Lipinski definition) is 6. The first-order chi connectivity index (χ1) is 15.3. The molecule has 32 heavy (non-hydrogen) atoms. The highest BCUT2D eigenvalue weighted by Gasteiger charge is 2.78. The lowest BCUT2D eigenvalue weighted by molar-refractivity contribution is -0.138. The Labute approximate surface area is 195 Å². The van der Waals surface area contributed by atoms with E-state index in [-0.39, 0.29) is 18.4 Å². The van der Waals surface area contributed by atoms with E-state index in [0.29, 0.717) is 22.1 Å². The Morgan fingerprint density at radius 3 is 2.78 bits per heavy atom. The average molecular weight is 469 g/mol. The van der Waals surface area contributed by atoms with E-state index >= 15 is 0 Å². The summed E-state index contributed by atoms with van der Waals surface area (Å²) < 4.78 is 13.6. The van der Waals surface area contributed by atoms with Gasteiger partial charge in [0.25, 0.3) is 5.91 Å². The van der Waals surface area contributed by atoms with Crippen molar-refractivity contribution in [2.45, 2.75) is 16.2 Å². The summed E-state index contributed by atoms with van der Waals surface area (Å²) >= 11 is 6.86. The van der Waals surface area contributed by atoms with E-state index in [1.54, 1.807) is 31.6 Å². The number of aromatic nitrogens is 1. The maximum absolute atomic E-state index is 14.5. The zero-order chi connectivity index (χ0) is 22.8. The molecule has 0 radical (unpaired) electrons. The highest BCUT2D eigenvalue weighted by atomic mass is 32.2. The fourth-order valence-corrected chi connectivity index (χ4v) is 7.68. The zero-order valence-corrected chi connectivity index (χ0v) is 19.3. The van der Waals surface area contributed by atoms with Crippen LogP contribution in [0.1, 0.15) is 17.0 Å². The van der Waals surface area contributed by atoms with Crippen molar-refractivity contribution in [2.75, 3.05) is 32.1 Å². The second-order valence-electron chi connectivity index (χ2n) is 8.26. The van der Waals surface area contributed by atoms with Crippen LogP contribution in [0, 0.1) is 5.82 Å². The monoisotopic (exact) mass is 468 g/mol. The molecule has 2 aromatic rings. The number of likely N-dealkylation sites (tertiary alicyclic amines) is 1. The van der Waals surface area contributed by atoms with Crippen molar-refractivity contribution < 1.29 is 14.0 Å². The number of carbonyl (C=O) groups is 2. The minimum absolute atomic E-state index is 0.242. The molecular weight excluding hydrogens is 447 g/mol. The maximum atomic E-state index is 14.5. The smallest absolute Gasteiger partial charge is 0.254 e. The number of likely N-dealkylation sites (N-methyl/N-ethyl adjacent to an activating group) is 2. The summed E-state index contributed by atoms with van der Waals surface area (Å²) in [6.45, 7) is 4.41. The van der Waals surface area contributed by atoms with Crippen molar-refractivity contribution >= 4 is 45.8 Å². The number of nitrogens with zero attached hydrogens (tertiary/aromatic N) is 4. The van der Waals surface area contributed by atoms with Gasteiger partial charge < -0.3 is 4.90 Å². The number of anilines is 1. The number of pyridine rings is 1. The third kappa shape index (κ3) is 2.39. The van der Waals surface area contributed by atoms with Crippen LogP contribution < -0.4 is 4.90 Å². The minimum Gasteiger partial charge on any atom is -0.313 e. The number of halogens is 1. The molecule has 0 bridgehead atoms. The van der Waals surface area contributed by atoms with Gasteiger partial charge in [0.1, 0.15) is 14.9 Å². The van der Waals surface area contributed by atoms with E-state index < -0.39 is 22.0 Å². The molecule has 2 saturated heterocycles.